The number of benzene rings is 1. The highest BCUT2D eigenvalue weighted by Gasteiger charge is 2.10. The van der Waals surface area contributed by atoms with Gasteiger partial charge in [0.2, 0.25) is 5.91 Å². The molecule has 2 N–H and O–H groups in total. The predicted octanol–water partition coefficient (Wildman–Crippen LogP) is 1.96. The second-order valence-electron chi connectivity index (χ2n) is 4.29. The normalized spacial score (nSPS) is 10.1. The molecule has 0 fully saturated rings. The van der Waals surface area contributed by atoms with Gasteiger partial charge >= 0.3 is 5.97 Å². The minimum absolute atomic E-state index is 0.151. The van der Waals surface area contributed by atoms with Crippen LogP contribution in [-0.4, -0.2) is 29.1 Å². The van der Waals surface area contributed by atoms with E-state index in [-0.39, 0.29) is 18.7 Å². The van der Waals surface area contributed by atoms with Crippen LogP contribution in [0.4, 0.5) is 5.13 Å². The van der Waals surface area contributed by atoms with Crippen LogP contribution in [0.15, 0.2) is 29.6 Å². The van der Waals surface area contributed by atoms with Gasteiger partial charge < -0.3 is 15.2 Å². The van der Waals surface area contributed by atoms with Crippen molar-refractivity contribution in [3.05, 3.63) is 40.9 Å². The number of aliphatic carboxylic acids is 1. The second-order valence-corrected chi connectivity index (χ2v) is 5.15. The number of aromatic nitrogens is 1. The number of carboxylic acid groups (broad SMARTS) is 1. The Hall–Kier alpha value is -2.41. The summed E-state index contributed by atoms with van der Waals surface area (Å²) in [7, 11) is 1.57. The fraction of sp³-hybridized carbons (Fsp3) is 0.214. The number of carbonyl (C=O) groups excluding carboxylic acids is 1. The highest BCUT2D eigenvalue weighted by Crippen LogP contribution is 2.17. The molecular weight excluding hydrogens is 292 g/mol. The van der Waals surface area contributed by atoms with Crippen molar-refractivity contribution >= 4 is 28.3 Å². The van der Waals surface area contributed by atoms with Crippen LogP contribution in [0.2, 0.25) is 0 Å². The summed E-state index contributed by atoms with van der Waals surface area (Å²) >= 11 is 1.21. The number of carbonyl (C=O) groups is 2. The van der Waals surface area contributed by atoms with Gasteiger partial charge in [-0.2, -0.15) is 0 Å². The summed E-state index contributed by atoms with van der Waals surface area (Å²) in [6.07, 6.45) is 0.0489. The van der Waals surface area contributed by atoms with Crippen LogP contribution in [0.5, 0.6) is 5.75 Å². The highest BCUT2D eigenvalue weighted by atomic mass is 32.1. The molecule has 0 saturated carbocycles. The maximum atomic E-state index is 11.9. The third kappa shape index (κ3) is 4.57. The number of carboxylic acids is 1. The van der Waals surface area contributed by atoms with Crippen LogP contribution < -0.4 is 10.1 Å². The number of ether oxygens (including phenoxy) is 1. The first-order chi connectivity index (χ1) is 10.1. The molecule has 2 aromatic rings. The van der Waals surface area contributed by atoms with E-state index in [4.69, 9.17) is 9.84 Å². The Balaban J connectivity index is 1.94. The Labute approximate surface area is 125 Å². The predicted molar refractivity (Wildman–Crippen MR) is 78.8 cm³/mol. The number of rotatable bonds is 6. The molecule has 0 atom stereocenters. The molecule has 0 radical (unpaired) electrons. The van der Waals surface area contributed by atoms with Crippen LogP contribution in [-0.2, 0) is 22.4 Å². The lowest BCUT2D eigenvalue weighted by molar-refractivity contribution is -0.136. The monoisotopic (exact) mass is 306 g/mol. The summed E-state index contributed by atoms with van der Waals surface area (Å²) in [6, 6.07) is 7.24. The molecule has 0 unspecified atom stereocenters. The Morgan fingerprint density at radius 3 is 2.90 bits per heavy atom. The van der Waals surface area contributed by atoms with E-state index in [2.05, 4.69) is 10.3 Å². The van der Waals surface area contributed by atoms with E-state index in [9.17, 15) is 9.59 Å². The van der Waals surface area contributed by atoms with Crippen LogP contribution in [0.25, 0.3) is 0 Å². The average Bonchev–Trinajstić information content (AvgIpc) is 2.85. The minimum atomic E-state index is -0.949. The molecule has 0 aliphatic heterocycles. The summed E-state index contributed by atoms with van der Waals surface area (Å²) in [5.74, 6) is -0.465. The molecule has 110 valence electrons. The van der Waals surface area contributed by atoms with Crippen molar-refractivity contribution in [2.75, 3.05) is 12.4 Å². The summed E-state index contributed by atoms with van der Waals surface area (Å²) in [6.45, 7) is 0. The lowest BCUT2D eigenvalue weighted by Crippen LogP contribution is -2.14. The van der Waals surface area contributed by atoms with Crippen molar-refractivity contribution in [3.8, 4) is 5.75 Å². The molecule has 0 aliphatic rings. The molecule has 21 heavy (non-hydrogen) atoms. The Kier molecular flexibility index (Phi) is 4.89. The zero-order valence-corrected chi connectivity index (χ0v) is 12.1. The van der Waals surface area contributed by atoms with Gasteiger partial charge in [0.1, 0.15) is 5.75 Å². The van der Waals surface area contributed by atoms with Crippen molar-refractivity contribution in [2.45, 2.75) is 12.8 Å². The van der Waals surface area contributed by atoms with Gasteiger partial charge in [-0.25, -0.2) is 4.98 Å². The van der Waals surface area contributed by atoms with E-state index >= 15 is 0 Å². The van der Waals surface area contributed by atoms with E-state index in [0.29, 0.717) is 16.6 Å². The molecule has 0 bridgehead atoms. The van der Waals surface area contributed by atoms with Crippen molar-refractivity contribution < 1.29 is 19.4 Å². The molecule has 2 rings (SSSR count). The van der Waals surface area contributed by atoms with Crippen molar-refractivity contribution in [3.63, 3.8) is 0 Å². The highest BCUT2D eigenvalue weighted by molar-refractivity contribution is 7.13. The Morgan fingerprint density at radius 2 is 2.19 bits per heavy atom. The first kappa shape index (κ1) is 15.0. The Morgan fingerprint density at radius 1 is 1.38 bits per heavy atom. The van der Waals surface area contributed by atoms with Crippen LogP contribution in [0, 0.1) is 0 Å². The van der Waals surface area contributed by atoms with Gasteiger partial charge in [0.25, 0.3) is 0 Å². The molecule has 1 amide bonds. The van der Waals surface area contributed by atoms with E-state index in [1.165, 1.54) is 11.3 Å². The number of nitrogens with zero attached hydrogens (tertiary/aromatic N) is 1. The number of anilines is 1. The number of nitrogens with one attached hydrogen (secondary N) is 1. The van der Waals surface area contributed by atoms with E-state index < -0.39 is 5.97 Å². The fourth-order valence-electron chi connectivity index (χ4n) is 1.73. The SMILES string of the molecule is COc1cccc(CC(=O)Nc2nc(CC(=O)O)cs2)c1. The van der Waals surface area contributed by atoms with Gasteiger partial charge in [-0.15, -0.1) is 11.3 Å². The number of hydrogen-bond acceptors (Lipinski definition) is 5. The van der Waals surface area contributed by atoms with Crippen molar-refractivity contribution in [1.29, 1.82) is 0 Å². The molecule has 1 aromatic heterocycles. The smallest absolute Gasteiger partial charge is 0.309 e. The Bertz CT molecular complexity index is 654. The largest absolute Gasteiger partial charge is 0.497 e. The molecule has 0 saturated heterocycles. The molecule has 0 spiro atoms. The second kappa shape index (κ2) is 6.85. The summed E-state index contributed by atoms with van der Waals surface area (Å²) in [5.41, 5.74) is 1.26. The third-order valence-electron chi connectivity index (χ3n) is 2.63. The molecule has 7 heteroatoms. The first-order valence-corrected chi connectivity index (χ1v) is 7.04. The lowest BCUT2D eigenvalue weighted by Gasteiger charge is -2.04. The topological polar surface area (TPSA) is 88.5 Å². The van der Waals surface area contributed by atoms with Crippen LogP contribution in [0.1, 0.15) is 11.3 Å². The van der Waals surface area contributed by atoms with Crippen LogP contribution in [0.3, 0.4) is 0 Å². The van der Waals surface area contributed by atoms with Crippen molar-refractivity contribution in [2.24, 2.45) is 0 Å². The van der Waals surface area contributed by atoms with E-state index in [0.717, 1.165) is 5.56 Å². The zero-order chi connectivity index (χ0) is 15.2. The molecule has 1 heterocycles. The number of thiazole rings is 1. The zero-order valence-electron chi connectivity index (χ0n) is 11.3. The number of methoxy groups -OCH3 is 1. The van der Waals surface area contributed by atoms with Crippen LogP contribution >= 0.6 is 11.3 Å². The lowest BCUT2D eigenvalue weighted by atomic mass is 10.1. The quantitative estimate of drug-likeness (QED) is 0.851. The maximum absolute atomic E-state index is 11.9. The average molecular weight is 306 g/mol. The van der Waals surface area contributed by atoms with Gasteiger partial charge in [0.15, 0.2) is 5.13 Å². The maximum Gasteiger partial charge on any atom is 0.309 e. The molecule has 0 aliphatic carbocycles. The van der Waals surface area contributed by atoms with Gasteiger partial charge in [-0.3, -0.25) is 9.59 Å². The van der Waals surface area contributed by atoms with Gasteiger partial charge in [-0.05, 0) is 17.7 Å². The summed E-state index contributed by atoms with van der Waals surface area (Å²) in [4.78, 5) is 26.5. The standard InChI is InChI=1S/C14H14N2O4S/c1-20-11-4-2-3-9(5-11)6-12(17)16-14-15-10(8-21-14)7-13(18)19/h2-5,8H,6-7H2,1H3,(H,18,19)(H,15,16,17). The minimum Gasteiger partial charge on any atom is -0.497 e. The number of amides is 1. The van der Waals surface area contributed by atoms with E-state index in [1.54, 1.807) is 24.6 Å². The summed E-state index contributed by atoms with van der Waals surface area (Å²) < 4.78 is 5.10. The molecular formula is C14H14N2O4S. The van der Waals surface area contributed by atoms with E-state index in [1.807, 2.05) is 12.1 Å². The summed E-state index contributed by atoms with van der Waals surface area (Å²) in [5, 5.41) is 13.3. The van der Waals surface area contributed by atoms with Crippen molar-refractivity contribution in [1.82, 2.24) is 4.98 Å². The van der Waals surface area contributed by atoms with Gasteiger partial charge in [0, 0.05) is 5.38 Å². The van der Waals surface area contributed by atoms with Gasteiger partial charge in [-0.1, -0.05) is 12.1 Å². The van der Waals surface area contributed by atoms with Gasteiger partial charge in [0.05, 0.1) is 25.6 Å². The number of hydrogen-bond donors (Lipinski definition) is 2. The third-order valence-corrected chi connectivity index (χ3v) is 3.44. The molecule has 6 nitrogen and oxygen atoms in total. The fourth-order valence-corrected chi connectivity index (χ4v) is 2.46. The molecule has 1 aromatic carbocycles. The first-order valence-electron chi connectivity index (χ1n) is 6.16.